The van der Waals surface area contributed by atoms with Crippen molar-refractivity contribution in [3.05, 3.63) is 0 Å². The minimum atomic E-state index is -0.812. The number of hydrogen-bond donors (Lipinski definition) is 1. The van der Waals surface area contributed by atoms with E-state index in [-0.39, 0.29) is 18.6 Å². The van der Waals surface area contributed by atoms with Crippen molar-refractivity contribution in [3.8, 4) is 0 Å². The third kappa shape index (κ3) is 4.63. The van der Waals surface area contributed by atoms with Crippen molar-refractivity contribution in [1.29, 1.82) is 0 Å². The first-order chi connectivity index (χ1) is 8.00. The van der Waals surface area contributed by atoms with Crippen LogP contribution in [0.5, 0.6) is 0 Å². The van der Waals surface area contributed by atoms with Gasteiger partial charge in [-0.2, -0.15) is 0 Å². The van der Waals surface area contributed by atoms with Crippen LogP contribution in [0.25, 0.3) is 0 Å². The van der Waals surface area contributed by atoms with Gasteiger partial charge in [0.15, 0.2) is 0 Å². The Bertz CT molecular complexity index is 278. The van der Waals surface area contributed by atoms with Crippen LogP contribution in [-0.2, 0) is 9.53 Å². The molecule has 0 spiro atoms. The summed E-state index contributed by atoms with van der Waals surface area (Å²) in [5.41, 5.74) is 0. The summed E-state index contributed by atoms with van der Waals surface area (Å²) < 4.78 is 5.00. The van der Waals surface area contributed by atoms with E-state index < -0.39 is 5.97 Å². The predicted molar refractivity (Wildman–Crippen MR) is 62.8 cm³/mol. The maximum absolute atomic E-state index is 11.6. The quantitative estimate of drug-likeness (QED) is 0.775. The number of cyclic esters (lactones) is 1. The van der Waals surface area contributed by atoms with Gasteiger partial charge in [0, 0.05) is 25.4 Å². The van der Waals surface area contributed by atoms with E-state index in [1.165, 1.54) is 0 Å². The normalized spacial score (nSPS) is 20.5. The first-order valence-electron chi connectivity index (χ1n) is 6.16. The Balaban J connectivity index is 2.50. The third-order valence-electron chi connectivity index (χ3n) is 2.99. The van der Waals surface area contributed by atoms with Crippen molar-refractivity contribution in [3.63, 3.8) is 0 Å². The van der Waals surface area contributed by atoms with Crippen molar-refractivity contribution in [2.75, 3.05) is 13.2 Å². The molecule has 5 nitrogen and oxygen atoms in total. The van der Waals surface area contributed by atoms with Gasteiger partial charge in [-0.05, 0) is 18.8 Å². The second-order valence-electron chi connectivity index (χ2n) is 4.87. The average Bonchev–Trinajstić information content (AvgIpc) is 2.24. The number of rotatable bonds is 6. The summed E-state index contributed by atoms with van der Waals surface area (Å²) in [6.07, 6.45) is 1.97. The summed E-state index contributed by atoms with van der Waals surface area (Å²) in [4.78, 5) is 23.9. The molecule has 1 saturated heterocycles. The zero-order valence-corrected chi connectivity index (χ0v) is 10.5. The summed E-state index contributed by atoms with van der Waals surface area (Å²) >= 11 is 0. The summed E-state index contributed by atoms with van der Waals surface area (Å²) in [7, 11) is 0. The van der Waals surface area contributed by atoms with Crippen LogP contribution >= 0.6 is 0 Å². The van der Waals surface area contributed by atoms with E-state index in [4.69, 9.17) is 9.84 Å². The Morgan fingerprint density at radius 2 is 2.29 bits per heavy atom. The molecule has 1 fully saturated rings. The van der Waals surface area contributed by atoms with Gasteiger partial charge in [-0.1, -0.05) is 13.8 Å². The van der Waals surface area contributed by atoms with Gasteiger partial charge in [0.25, 0.3) is 0 Å². The average molecular weight is 243 g/mol. The fourth-order valence-corrected chi connectivity index (χ4v) is 1.93. The summed E-state index contributed by atoms with van der Waals surface area (Å²) in [6, 6.07) is 0.0195. The highest BCUT2D eigenvalue weighted by molar-refractivity contribution is 5.69. The molecule has 1 aliphatic rings. The molecule has 1 atom stereocenters. The maximum Gasteiger partial charge on any atom is 0.410 e. The molecule has 0 aromatic heterocycles. The second-order valence-corrected chi connectivity index (χ2v) is 4.87. The van der Waals surface area contributed by atoms with Crippen molar-refractivity contribution >= 4 is 12.1 Å². The standard InChI is InChI=1S/C12H21NO4/c1-9(2)5-7-13-10(3-4-11(14)15)6-8-17-12(13)16/h9-10H,3-8H2,1-2H3,(H,14,15). The molecule has 1 heterocycles. The summed E-state index contributed by atoms with van der Waals surface area (Å²) in [5, 5.41) is 8.68. The fraction of sp³-hybridized carbons (Fsp3) is 0.833. The van der Waals surface area contributed by atoms with Crippen LogP contribution in [0, 0.1) is 5.92 Å². The van der Waals surface area contributed by atoms with Gasteiger partial charge in [-0.3, -0.25) is 4.79 Å². The largest absolute Gasteiger partial charge is 0.481 e. The zero-order chi connectivity index (χ0) is 12.8. The highest BCUT2D eigenvalue weighted by Crippen LogP contribution is 2.19. The first kappa shape index (κ1) is 13.8. The molecule has 1 aliphatic heterocycles. The zero-order valence-electron chi connectivity index (χ0n) is 10.5. The lowest BCUT2D eigenvalue weighted by molar-refractivity contribution is -0.137. The van der Waals surface area contributed by atoms with Crippen LogP contribution in [0.3, 0.4) is 0 Å². The molecule has 1 amide bonds. The molecule has 1 N–H and O–H groups in total. The second kappa shape index (κ2) is 6.47. The molecule has 98 valence electrons. The molecule has 0 bridgehead atoms. The number of nitrogens with zero attached hydrogens (tertiary/aromatic N) is 1. The van der Waals surface area contributed by atoms with Crippen molar-refractivity contribution in [2.45, 2.75) is 45.6 Å². The van der Waals surface area contributed by atoms with Crippen LogP contribution in [0.1, 0.15) is 39.5 Å². The van der Waals surface area contributed by atoms with Crippen LogP contribution in [-0.4, -0.2) is 41.3 Å². The Morgan fingerprint density at radius 1 is 1.59 bits per heavy atom. The third-order valence-corrected chi connectivity index (χ3v) is 2.99. The van der Waals surface area contributed by atoms with Crippen LogP contribution < -0.4 is 0 Å². The fourth-order valence-electron chi connectivity index (χ4n) is 1.93. The van der Waals surface area contributed by atoms with Gasteiger partial charge in [0.05, 0.1) is 6.61 Å². The van der Waals surface area contributed by atoms with E-state index in [1.807, 2.05) is 0 Å². The lowest BCUT2D eigenvalue weighted by Crippen LogP contribution is -2.46. The van der Waals surface area contributed by atoms with Crippen molar-refractivity contribution < 1.29 is 19.4 Å². The molecule has 0 aliphatic carbocycles. The number of hydrogen-bond acceptors (Lipinski definition) is 3. The molecule has 17 heavy (non-hydrogen) atoms. The molecule has 1 unspecified atom stereocenters. The summed E-state index contributed by atoms with van der Waals surface area (Å²) in [6.45, 7) is 5.26. The van der Waals surface area contributed by atoms with E-state index >= 15 is 0 Å². The predicted octanol–water partition coefficient (Wildman–Crippen LogP) is 2.11. The summed E-state index contributed by atoms with van der Waals surface area (Å²) in [5.74, 6) is -0.294. The van der Waals surface area contributed by atoms with Gasteiger partial charge in [0.1, 0.15) is 0 Å². The van der Waals surface area contributed by atoms with Crippen LogP contribution in [0.15, 0.2) is 0 Å². The van der Waals surface area contributed by atoms with Crippen molar-refractivity contribution in [2.24, 2.45) is 5.92 Å². The number of carbonyl (C=O) groups is 2. The van der Waals surface area contributed by atoms with Gasteiger partial charge in [-0.15, -0.1) is 0 Å². The molecule has 5 heteroatoms. The lowest BCUT2D eigenvalue weighted by Gasteiger charge is -2.35. The number of aliphatic carboxylic acids is 1. The molecule has 1 rings (SSSR count). The smallest absolute Gasteiger partial charge is 0.410 e. The SMILES string of the molecule is CC(C)CCN1C(=O)OCCC1CCC(=O)O. The number of carboxylic acids is 1. The first-order valence-corrected chi connectivity index (χ1v) is 6.16. The maximum atomic E-state index is 11.6. The van der Waals surface area contributed by atoms with E-state index in [1.54, 1.807) is 4.90 Å². The monoisotopic (exact) mass is 243 g/mol. The van der Waals surface area contributed by atoms with Crippen molar-refractivity contribution in [1.82, 2.24) is 4.90 Å². The highest BCUT2D eigenvalue weighted by Gasteiger charge is 2.29. The lowest BCUT2D eigenvalue weighted by atomic mass is 10.0. The van der Waals surface area contributed by atoms with Gasteiger partial charge in [0.2, 0.25) is 0 Å². The van der Waals surface area contributed by atoms with E-state index in [2.05, 4.69) is 13.8 Å². The Kier molecular flexibility index (Phi) is 5.25. The number of amides is 1. The van der Waals surface area contributed by atoms with Gasteiger partial charge < -0.3 is 14.7 Å². The van der Waals surface area contributed by atoms with Gasteiger partial charge >= 0.3 is 12.1 Å². The molecular weight excluding hydrogens is 222 g/mol. The molecular formula is C12H21NO4. The van der Waals surface area contributed by atoms with Gasteiger partial charge in [-0.25, -0.2) is 4.79 Å². The Hall–Kier alpha value is -1.26. The number of carbonyl (C=O) groups excluding carboxylic acids is 1. The molecule has 0 aromatic rings. The highest BCUT2D eigenvalue weighted by atomic mass is 16.6. The minimum Gasteiger partial charge on any atom is -0.481 e. The van der Waals surface area contributed by atoms with E-state index in [0.29, 0.717) is 25.5 Å². The number of ether oxygens (including phenoxy) is 1. The van der Waals surface area contributed by atoms with E-state index in [0.717, 1.165) is 12.8 Å². The Labute approximate surface area is 102 Å². The molecule has 0 saturated carbocycles. The Morgan fingerprint density at radius 3 is 2.88 bits per heavy atom. The molecule has 0 aromatic carbocycles. The van der Waals surface area contributed by atoms with Crippen LogP contribution in [0.4, 0.5) is 4.79 Å². The number of carboxylic acid groups (broad SMARTS) is 1. The topological polar surface area (TPSA) is 66.8 Å². The van der Waals surface area contributed by atoms with Crippen LogP contribution in [0.2, 0.25) is 0 Å². The van der Waals surface area contributed by atoms with E-state index in [9.17, 15) is 9.59 Å². The molecule has 0 radical (unpaired) electrons. The minimum absolute atomic E-state index is 0.0195.